The molecule has 0 bridgehead atoms. The fourth-order valence-corrected chi connectivity index (χ4v) is 3.31. The fraction of sp³-hybridized carbons (Fsp3) is 0.389. The van der Waals surface area contributed by atoms with Gasteiger partial charge in [0.15, 0.2) is 6.39 Å². The van der Waals surface area contributed by atoms with Crippen molar-refractivity contribution in [3.05, 3.63) is 54.2 Å². The molecular formula is C18H21N3O3. The van der Waals surface area contributed by atoms with Gasteiger partial charge in [0.2, 0.25) is 11.7 Å². The molecule has 0 aliphatic carbocycles. The molecule has 1 saturated heterocycles. The number of aromatic nitrogens is 1. The highest BCUT2D eigenvalue weighted by atomic mass is 16.3. The Morgan fingerprint density at radius 2 is 2.12 bits per heavy atom. The van der Waals surface area contributed by atoms with E-state index in [1.807, 2.05) is 30.3 Å². The van der Waals surface area contributed by atoms with Gasteiger partial charge in [-0.05, 0) is 24.8 Å². The zero-order valence-electron chi connectivity index (χ0n) is 13.6. The molecule has 1 aliphatic heterocycles. The first-order valence-corrected chi connectivity index (χ1v) is 8.15. The van der Waals surface area contributed by atoms with E-state index in [1.165, 1.54) is 19.5 Å². The van der Waals surface area contributed by atoms with E-state index in [0.717, 1.165) is 18.4 Å². The molecular weight excluding hydrogens is 306 g/mol. The lowest BCUT2D eigenvalue weighted by atomic mass is 9.90. The molecule has 6 nitrogen and oxygen atoms in total. The number of piperidine rings is 1. The molecule has 0 spiro atoms. The van der Waals surface area contributed by atoms with E-state index in [4.69, 9.17) is 4.42 Å². The summed E-state index contributed by atoms with van der Waals surface area (Å²) in [6, 6.07) is 9.83. The van der Waals surface area contributed by atoms with Crippen molar-refractivity contribution >= 4 is 11.8 Å². The van der Waals surface area contributed by atoms with Crippen LogP contribution in [0.25, 0.3) is 0 Å². The Morgan fingerprint density at radius 1 is 1.33 bits per heavy atom. The Morgan fingerprint density at radius 3 is 2.79 bits per heavy atom. The van der Waals surface area contributed by atoms with Crippen LogP contribution in [0.4, 0.5) is 0 Å². The van der Waals surface area contributed by atoms with Gasteiger partial charge in [-0.2, -0.15) is 0 Å². The van der Waals surface area contributed by atoms with Crippen molar-refractivity contribution in [2.24, 2.45) is 0 Å². The van der Waals surface area contributed by atoms with Crippen molar-refractivity contribution in [2.75, 3.05) is 6.54 Å². The van der Waals surface area contributed by atoms with Crippen LogP contribution in [0.2, 0.25) is 0 Å². The third-order valence-corrected chi connectivity index (χ3v) is 4.36. The zero-order valence-corrected chi connectivity index (χ0v) is 13.6. The number of benzene rings is 1. The normalized spacial score (nSPS) is 20.6. The van der Waals surface area contributed by atoms with Crippen molar-refractivity contribution in [3.63, 3.8) is 0 Å². The van der Waals surface area contributed by atoms with E-state index in [9.17, 15) is 9.59 Å². The zero-order chi connectivity index (χ0) is 16.9. The summed E-state index contributed by atoms with van der Waals surface area (Å²) in [5, 5.41) is 3.00. The molecule has 0 saturated carbocycles. The summed E-state index contributed by atoms with van der Waals surface area (Å²) < 4.78 is 5.17. The number of likely N-dealkylation sites (tertiary alicyclic amines) is 1. The summed E-state index contributed by atoms with van der Waals surface area (Å²) >= 11 is 0. The van der Waals surface area contributed by atoms with Gasteiger partial charge in [-0.15, -0.1) is 0 Å². The van der Waals surface area contributed by atoms with Crippen LogP contribution in [-0.4, -0.2) is 40.3 Å². The predicted octanol–water partition coefficient (Wildman–Crippen LogP) is 2.03. The average Bonchev–Trinajstić information content (AvgIpc) is 3.11. The SMILES string of the molecule is CC(=O)N[C@H]1CCCN(C(=O)c2cnco2)[C@H]1Cc1ccccc1. The van der Waals surface area contributed by atoms with Crippen LogP contribution in [0.3, 0.4) is 0 Å². The molecule has 2 atom stereocenters. The molecule has 1 aliphatic rings. The molecule has 1 fully saturated rings. The van der Waals surface area contributed by atoms with Crippen LogP contribution in [0, 0.1) is 0 Å². The molecule has 24 heavy (non-hydrogen) atoms. The molecule has 6 heteroatoms. The quantitative estimate of drug-likeness (QED) is 0.932. The van der Waals surface area contributed by atoms with Gasteiger partial charge in [0.25, 0.3) is 5.91 Å². The molecule has 0 unspecified atom stereocenters. The highest BCUT2D eigenvalue weighted by Gasteiger charge is 2.36. The highest BCUT2D eigenvalue weighted by Crippen LogP contribution is 2.23. The van der Waals surface area contributed by atoms with Gasteiger partial charge >= 0.3 is 0 Å². The van der Waals surface area contributed by atoms with Crippen molar-refractivity contribution in [1.82, 2.24) is 15.2 Å². The Bertz CT molecular complexity index is 685. The molecule has 1 aromatic carbocycles. The number of rotatable bonds is 4. The first-order chi connectivity index (χ1) is 11.6. The van der Waals surface area contributed by atoms with Gasteiger partial charge in [-0.3, -0.25) is 9.59 Å². The minimum absolute atomic E-state index is 0.0664. The Balaban J connectivity index is 1.86. The second kappa shape index (κ2) is 7.29. The van der Waals surface area contributed by atoms with Crippen molar-refractivity contribution < 1.29 is 14.0 Å². The molecule has 2 amide bonds. The van der Waals surface area contributed by atoms with Gasteiger partial charge < -0.3 is 14.6 Å². The van der Waals surface area contributed by atoms with Crippen molar-refractivity contribution in [3.8, 4) is 0 Å². The molecule has 126 valence electrons. The third kappa shape index (κ3) is 3.64. The van der Waals surface area contributed by atoms with Crippen LogP contribution in [-0.2, 0) is 11.2 Å². The van der Waals surface area contributed by atoms with Crippen LogP contribution in [0.15, 0.2) is 47.3 Å². The van der Waals surface area contributed by atoms with E-state index in [0.29, 0.717) is 13.0 Å². The molecule has 1 aromatic heterocycles. The van der Waals surface area contributed by atoms with E-state index < -0.39 is 0 Å². The van der Waals surface area contributed by atoms with Crippen LogP contribution in [0.1, 0.15) is 35.9 Å². The Labute approximate surface area is 140 Å². The van der Waals surface area contributed by atoms with Crippen LogP contribution >= 0.6 is 0 Å². The van der Waals surface area contributed by atoms with Gasteiger partial charge in [-0.25, -0.2) is 4.98 Å². The topological polar surface area (TPSA) is 75.4 Å². The van der Waals surface area contributed by atoms with Gasteiger partial charge in [-0.1, -0.05) is 30.3 Å². The first kappa shape index (κ1) is 16.2. The van der Waals surface area contributed by atoms with Crippen molar-refractivity contribution in [1.29, 1.82) is 0 Å². The predicted molar refractivity (Wildman–Crippen MR) is 88.3 cm³/mol. The monoisotopic (exact) mass is 327 g/mol. The third-order valence-electron chi connectivity index (χ3n) is 4.36. The molecule has 2 heterocycles. The largest absolute Gasteiger partial charge is 0.438 e. The summed E-state index contributed by atoms with van der Waals surface area (Å²) in [6.07, 6.45) is 5.08. The Kier molecular flexibility index (Phi) is 4.93. The number of nitrogens with zero attached hydrogens (tertiary/aromatic N) is 2. The van der Waals surface area contributed by atoms with Gasteiger partial charge in [0.1, 0.15) is 0 Å². The minimum Gasteiger partial charge on any atom is -0.438 e. The lowest BCUT2D eigenvalue weighted by molar-refractivity contribution is -0.120. The standard InChI is InChI=1S/C18H21N3O3/c1-13(22)20-15-8-5-9-21(18(23)17-11-19-12-24-17)16(15)10-14-6-3-2-4-7-14/h2-4,6-7,11-12,15-16H,5,8-10H2,1H3,(H,20,22)/t15-,16-/m0/s1. The fourth-order valence-electron chi connectivity index (χ4n) is 3.31. The number of nitrogens with one attached hydrogen (secondary N) is 1. The van der Waals surface area contributed by atoms with Crippen LogP contribution < -0.4 is 5.32 Å². The minimum atomic E-state index is -0.177. The van der Waals surface area contributed by atoms with Gasteiger partial charge in [0, 0.05) is 19.5 Å². The summed E-state index contributed by atoms with van der Waals surface area (Å²) in [5.41, 5.74) is 1.13. The number of hydrogen-bond acceptors (Lipinski definition) is 4. The van der Waals surface area contributed by atoms with Crippen molar-refractivity contribution in [2.45, 2.75) is 38.3 Å². The molecule has 3 rings (SSSR count). The van der Waals surface area contributed by atoms with E-state index in [-0.39, 0.29) is 29.7 Å². The smallest absolute Gasteiger partial charge is 0.291 e. The average molecular weight is 327 g/mol. The number of amides is 2. The number of hydrogen-bond donors (Lipinski definition) is 1. The Hall–Kier alpha value is -2.63. The number of carbonyl (C=O) groups excluding carboxylic acids is 2. The lowest BCUT2D eigenvalue weighted by Crippen LogP contribution is -2.57. The van der Waals surface area contributed by atoms with Crippen LogP contribution in [0.5, 0.6) is 0 Å². The molecule has 0 radical (unpaired) electrons. The maximum atomic E-state index is 12.8. The second-order valence-electron chi connectivity index (χ2n) is 6.07. The van der Waals surface area contributed by atoms with E-state index in [2.05, 4.69) is 10.3 Å². The maximum Gasteiger partial charge on any atom is 0.291 e. The number of carbonyl (C=O) groups is 2. The summed E-state index contributed by atoms with van der Waals surface area (Å²) in [7, 11) is 0. The van der Waals surface area contributed by atoms with E-state index >= 15 is 0 Å². The first-order valence-electron chi connectivity index (χ1n) is 8.15. The number of oxazole rings is 1. The maximum absolute atomic E-state index is 12.8. The second-order valence-corrected chi connectivity index (χ2v) is 6.07. The summed E-state index contributed by atoms with van der Waals surface area (Å²) in [6.45, 7) is 2.16. The lowest BCUT2D eigenvalue weighted by Gasteiger charge is -2.41. The highest BCUT2D eigenvalue weighted by molar-refractivity contribution is 5.91. The van der Waals surface area contributed by atoms with Gasteiger partial charge in [0.05, 0.1) is 12.2 Å². The summed E-state index contributed by atoms with van der Waals surface area (Å²) in [4.78, 5) is 30.0. The van der Waals surface area contributed by atoms with E-state index in [1.54, 1.807) is 4.90 Å². The molecule has 1 N–H and O–H groups in total. The molecule has 2 aromatic rings. The summed E-state index contributed by atoms with van der Waals surface area (Å²) in [5.74, 6) is -0.0213.